The fraction of sp³-hybridized carbons (Fsp3) is 0.381. The van der Waals surface area contributed by atoms with Crippen LogP contribution in [0.3, 0.4) is 0 Å². The molecule has 2 atom stereocenters. The lowest BCUT2D eigenvalue weighted by atomic mass is 9.94. The number of hydrogen-bond donors (Lipinski definition) is 3. The SMILES string of the molecule is COC1=CC=C(c2ccncc2)C(NC(=O)N=[S@](N)(=O)c2cnn3c2OCC(C)(C)C3)(OC)N1. The second-order valence-electron chi connectivity index (χ2n) is 8.58. The molecule has 4 N–H and O–H groups in total. The van der Waals surface area contributed by atoms with Gasteiger partial charge in [-0.3, -0.25) is 10.3 Å². The van der Waals surface area contributed by atoms with Gasteiger partial charge in [-0.1, -0.05) is 13.8 Å². The molecule has 0 saturated heterocycles. The second kappa shape index (κ2) is 8.74. The highest BCUT2D eigenvalue weighted by atomic mass is 32.2. The van der Waals surface area contributed by atoms with Gasteiger partial charge in [-0.2, -0.15) is 5.10 Å². The average Bonchev–Trinajstić information content (AvgIpc) is 3.22. The molecule has 0 aliphatic carbocycles. The number of hydrogen-bond acceptors (Lipinski definition) is 8. The van der Waals surface area contributed by atoms with Crippen LogP contribution in [0.4, 0.5) is 4.79 Å². The third-order valence-corrected chi connectivity index (χ3v) is 6.70. The van der Waals surface area contributed by atoms with Gasteiger partial charge in [-0.25, -0.2) is 18.8 Å². The minimum atomic E-state index is -3.69. The molecule has 2 aromatic rings. The highest BCUT2D eigenvalue weighted by Crippen LogP contribution is 2.34. The monoisotopic (exact) mass is 489 g/mol. The first-order valence-corrected chi connectivity index (χ1v) is 11.9. The molecule has 0 fully saturated rings. The smallest absolute Gasteiger partial charge is 0.354 e. The van der Waals surface area contributed by atoms with Gasteiger partial charge in [0.1, 0.15) is 4.90 Å². The van der Waals surface area contributed by atoms with E-state index < -0.39 is 21.8 Å². The maximum atomic E-state index is 13.3. The van der Waals surface area contributed by atoms with Crippen molar-refractivity contribution in [3.8, 4) is 5.88 Å². The number of dihydropyridines is 1. The Morgan fingerprint density at radius 2 is 2.06 bits per heavy atom. The number of urea groups is 1. The second-order valence-corrected chi connectivity index (χ2v) is 10.3. The van der Waals surface area contributed by atoms with Crippen LogP contribution in [0.5, 0.6) is 5.88 Å². The zero-order chi connectivity index (χ0) is 24.6. The molecule has 0 radical (unpaired) electrons. The number of amides is 2. The Hall–Kier alpha value is -3.42. The van der Waals surface area contributed by atoms with Crippen molar-refractivity contribution in [2.45, 2.75) is 31.1 Å². The molecule has 2 aliphatic heterocycles. The summed E-state index contributed by atoms with van der Waals surface area (Å²) in [5, 5.41) is 15.8. The van der Waals surface area contributed by atoms with Gasteiger partial charge in [-0.05, 0) is 29.8 Å². The van der Waals surface area contributed by atoms with Crippen molar-refractivity contribution in [2.24, 2.45) is 14.9 Å². The molecule has 0 bridgehead atoms. The Morgan fingerprint density at radius 3 is 2.74 bits per heavy atom. The Bertz CT molecular complexity index is 1280. The molecular weight excluding hydrogens is 462 g/mol. The molecule has 0 spiro atoms. The van der Waals surface area contributed by atoms with Crippen LogP contribution in [0.1, 0.15) is 19.4 Å². The van der Waals surface area contributed by atoms with E-state index in [1.165, 1.54) is 20.4 Å². The van der Waals surface area contributed by atoms with Crippen LogP contribution >= 0.6 is 0 Å². The van der Waals surface area contributed by atoms with Crippen LogP contribution in [-0.2, 0) is 25.9 Å². The molecule has 4 rings (SSSR count). The molecular formula is C21H27N7O5S. The molecule has 12 nitrogen and oxygen atoms in total. The number of carbonyl (C=O) groups is 1. The lowest BCUT2D eigenvalue weighted by molar-refractivity contribution is -0.0123. The van der Waals surface area contributed by atoms with Crippen LogP contribution in [-0.4, -0.2) is 51.7 Å². The van der Waals surface area contributed by atoms with Crippen molar-refractivity contribution in [3.63, 3.8) is 0 Å². The summed E-state index contributed by atoms with van der Waals surface area (Å²) in [6.45, 7) is 4.98. The van der Waals surface area contributed by atoms with E-state index in [9.17, 15) is 9.00 Å². The highest BCUT2D eigenvalue weighted by Gasteiger charge is 2.40. The Kier molecular flexibility index (Phi) is 6.10. The van der Waals surface area contributed by atoms with Crippen molar-refractivity contribution < 1.29 is 23.2 Å². The standard InChI is InChI=1S/C21H27N7O5S/c1-20(2)12-28-18(33-13-20)16(11-24-28)34(22,30)27-19(29)26-21(32-4)15(5-6-17(25-21)31-3)14-7-9-23-10-8-14/h5-11,25H,12-13H2,1-4H3,(H3,22,26,27,29,30)/t21?,34-/m0/s1. The molecule has 13 heteroatoms. The zero-order valence-corrected chi connectivity index (χ0v) is 20.1. The predicted octanol–water partition coefficient (Wildman–Crippen LogP) is 1.58. The van der Waals surface area contributed by atoms with Gasteiger partial charge in [0.2, 0.25) is 5.88 Å². The minimum absolute atomic E-state index is 0.0450. The maximum Gasteiger partial charge on any atom is 0.354 e. The van der Waals surface area contributed by atoms with Gasteiger partial charge in [0.05, 0.1) is 26.5 Å². The zero-order valence-electron chi connectivity index (χ0n) is 19.3. The van der Waals surface area contributed by atoms with E-state index in [0.717, 1.165) is 0 Å². The molecule has 0 aromatic carbocycles. The Labute approximate surface area is 197 Å². The summed E-state index contributed by atoms with van der Waals surface area (Å²) in [7, 11) is -0.826. The number of aromatic nitrogens is 3. The number of ether oxygens (including phenoxy) is 3. The van der Waals surface area contributed by atoms with E-state index in [1.807, 2.05) is 13.8 Å². The first-order chi connectivity index (χ1) is 16.1. The number of allylic oxidation sites excluding steroid dienone is 2. The van der Waals surface area contributed by atoms with E-state index in [2.05, 4.69) is 25.1 Å². The molecule has 2 aliphatic rings. The number of carbonyl (C=O) groups excluding carboxylic acids is 1. The minimum Gasteiger partial charge on any atom is -0.482 e. The topological polar surface area (TPSA) is 155 Å². The number of nitrogens with zero attached hydrogens (tertiary/aromatic N) is 4. The van der Waals surface area contributed by atoms with Crippen LogP contribution in [0.25, 0.3) is 5.57 Å². The summed E-state index contributed by atoms with van der Waals surface area (Å²) in [6, 6.07) is 2.52. The van der Waals surface area contributed by atoms with E-state index in [0.29, 0.717) is 30.2 Å². The molecule has 0 saturated carbocycles. The van der Waals surface area contributed by atoms with Crippen molar-refractivity contribution in [1.29, 1.82) is 0 Å². The van der Waals surface area contributed by atoms with E-state index in [1.54, 1.807) is 41.4 Å². The Morgan fingerprint density at radius 1 is 1.32 bits per heavy atom. The summed E-state index contributed by atoms with van der Waals surface area (Å²) < 4.78 is 35.3. The van der Waals surface area contributed by atoms with E-state index >= 15 is 0 Å². The van der Waals surface area contributed by atoms with Gasteiger partial charge >= 0.3 is 6.03 Å². The highest BCUT2D eigenvalue weighted by molar-refractivity contribution is 7.91. The number of rotatable bonds is 5. The third kappa shape index (κ3) is 4.49. The number of pyridine rings is 1. The number of fused-ring (bicyclic) bond motifs is 1. The number of methoxy groups -OCH3 is 2. The molecule has 34 heavy (non-hydrogen) atoms. The largest absolute Gasteiger partial charge is 0.482 e. The molecule has 182 valence electrons. The molecule has 4 heterocycles. The predicted molar refractivity (Wildman–Crippen MR) is 123 cm³/mol. The molecule has 2 amide bonds. The van der Waals surface area contributed by atoms with Crippen molar-refractivity contribution >= 4 is 21.5 Å². The van der Waals surface area contributed by atoms with Gasteiger partial charge in [-0.15, -0.1) is 4.36 Å². The number of nitrogens with one attached hydrogen (secondary N) is 2. The average molecular weight is 490 g/mol. The fourth-order valence-electron chi connectivity index (χ4n) is 3.70. The first kappa shape index (κ1) is 23.7. The molecule has 2 aromatic heterocycles. The van der Waals surface area contributed by atoms with Gasteiger partial charge < -0.3 is 19.5 Å². The first-order valence-electron chi connectivity index (χ1n) is 10.3. The van der Waals surface area contributed by atoms with Gasteiger partial charge in [0.25, 0.3) is 5.85 Å². The van der Waals surface area contributed by atoms with E-state index in [4.69, 9.17) is 19.3 Å². The van der Waals surface area contributed by atoms with Crippen molar-refractivity contribution in [3.05, 3.63) is 54.3 Å². The van der Waals surface area contributed by atoms with Crippen LogP contribution < -0.4 is 20.5 Å². The summed E-state index contributed by atoms with van der Waals surface area (Å²) in [4.78, 5) is 17.1. The van der Waals surface area contributed by atoms with Crippen LogP contribution in [0, 0.1) is 5.41 Å². The Balaban J connectivity index is 1.67. The van der Waals surface area contributed by atoms with Gasteiger partial charge in [0.15, 0.2) is 15.8 Å². The lowest BCUT2D eigenvalue weighted by Gasteiger charge is -2.38. The quantitative estimate of drug-likeness (QED) is 0.535. The van der Waals surface area contributed by atoms with Crippen LogP contribution in [0.2, 0.25) is 0 Å². The van der Waals surface area contributed by atoms with Crippen LogP contribution in [0.15, 0.2) is 58.0 Å². The van der Waals surface area contributed by atoms with Gasteiger partial charge in [0, 0.05) is 30.5 Å². The fourth-order valence-corrected chi connectivity index (χ4v) is 4.70. The number of nitrogens with two attached hydrogens (primary N) is 1. The molecule has 1 unspecified atom stereocenters. The maximum absolute atomic E-state index is 13.3. The summed E-state index contributed by atoms with van der Waals surface area (Å²) in [6.07, 6.45) is 7.93. The lowest BCUT2D eigenvalue weighted by Crippen LogP contribution is -2.61. The van der Waals surface area contributed by atoms with E-state index in [-0.39, 0.29) is 16.2 Å². The third-order valence-electron chi connectivity index (χ3n) is 5.35. The normalized spacial score (nSPS) is 22.6. The van der Waals surface area contributed by atoms with Crippen molar-refractivity contribution in [2.75, 3.05) is 20.8 Å². The summed E-state index contributed by atoms with van der Waals surface area (Å²) in [5.41, 5.74) is 1.10. The summed E-state index contributed by atoms with van der Waals surface area (Å²) in [5.74, 6) is -1.02. The van der Waals surface area contributed by atoms with Crippen molar-refractivity contribution in [1.82, 2.24) is 25.4 Å². The summed E-state index contributed by atoms with van der Waals surface area (Å²) >= 11 is 0.